The Balaban J connectivity index is 2.17. The maximum absolute atomic E-state index is 12.6. The van der Waals surface area contributed by atoms with E-state index in [4.69, 9.17) is 0 Å². The summed E-state index contributed by atoms with van der Waals surface area (Å²) in [7, 11) is 1.46. The number of hydrogen-bond acceptors (Lipinski definition) is 3. The van der Waals surface area contributed by atoms with Crippen molar-refractivity contribution < 1.29 is 13.6 Å². The maximum atomic E-state index is 12.6. The first kappa shape index (κ1) is 16.1. The van der Waals surface area contributed by atoms with E-state index in [0.717, 1.165) is 22.0 Å². The van der Waals surface area contributed by atoms with E-state index in [1.807, 2.05) is 26.0 Å². The molecule has 0 aromatic carbocycles. The van der Waals surface area contributed by atoms with Gasteiger partial charge in [0.1, 0.15) is 11.4 Å². The summed E-state index contributed by atoms with van der Waals surface area (Å²) in [6, 6.07) is 4.58. The van der Waals surface area contributed by atoms with E-state index < -0.39 is 18.0 Å². The summed E-state index contributed by atoms with van der Waals surface area (Å²) in [5.41, 5.74) is 1.45. The number of carbonyl (C=O) groups excluding carboxylic acids is 1. The quantitative estimate of drug-likeness (QED) is 0.924. The van der Waals surface area contributed by atoms with Gasteiger partial charge in [0.25, 0.3) is 12.3 Å². The van der Waals surface area contributed by atoms with Gasteiger partial charge in [-0.25, -0.2) is 8.78 Å². The molecule has 2 heterocycles. The SMILES string of the molecule is CC[C@@H](NC(=O)c1cc(C(F)F)nn1C)c1ccc(C)cn1. The third-order valence-corrected chi connectivity index (χ3v) is 3.36. The molecule has 7 heteroatoms. The summed E-state index contributed by atoms with van der Waals surface area (Å²) in [6.07, 6.45) is -0.335. The number of carbonyl (C=O) groups is 1. The van der Waals surface area contributed by atoms with Crippen molar-refractivity contribution in [2.45, 2.75) is 32.7 Å². The number of hydrogen-bond donors (Lipinski definition) is 1. The fourth-order valence-electron chi connectivity index (χ4n) is 2.11. The lowest BCUT2D eigenvalue weighted by molar-refractivity contribution is 0.0925. The Morgan fingerprint density at radius 3 is 2.59 bits per heavy atom. The molecule has 0 saturated heterocycles. The molecule has 1 N–H and O–H groups in total. The Kier molecular flexibility index (Phi) is 4.85. The van der Waals surface area contributed by atoms with Gasteiger partial charge in [-0.15, -0.1) is 0 Å². The molecule has 0 aliphatic heterocycles. The highest BCUT2D eigenvalue weighted by molar-refractivity contribution is 5.92. The van der Waals surface area contributed by atoms with Crippen LogP contribution >= 0.6 is 0 Å². The van der Waals surface area contributed by atoms with E-state index >= 15 is 0 Å². The lowest BCUT2D eigenvalue weighted by Crippen LogP contribution is -2.30. The predicted octanol–water partition coefficient (Wildman–Crippen LogP) is 2.94. The van der Waals surface area contributed by atoms with E-state index in [0.29, 0.717) is 6.42 Å². The topological polar surface area (TPSA) is 59.8 Å². The van der Waals surface area contributed by atoms with Crippen molar-refractivity contribution in [2.24, 2.45) is 7.05 Å². The van der Waals surface area contributed by atoms with Crippen molar-refractivity contribution in [1.82, 2.24) is 20.1 Å². The lowest BCUT2D eigenvalue weighted by atomic mass is 10.1. The minimum atomic E-state index is -2.70. The molecular weight excluding hydrogens is 290 g/mol. The normalized spacial score (nSPS) is 12.5. The Bertz CT molecular complexity index is 652. The van der Waals surface area contributed by atoms with Crippen LogP contribution in [0.3, 0.4) is 0 Å². The van der Waals surface area contributed by atoms with Gasteiger partial charge >= 0.3 is 0 Å². The zero-order chi connectivity index (χ0) is 16.3. The molecule has 2 aromatic rings. The van der Waals surface area contributed by atoms with Gasteiger partial charge in [0.15, 0.2) is 0 Å². The Labute approximate surface area is 127 Å². The smallest absolute Gasteiger partial charge is 0.282 e. The first-order chi connectivity index (χ1) is 10.4. The van der Waals surface area contributed by atoms with Crippen molar-refractivity contribution >= 4 is 5.91 Å². The highest BCUT2D eigenvalue weighted by Crippen LogP contribution is 2.19. The first-order valence-electron chi connectivity index (χ1n) is 6.97. The van der Waals surface area contributed by atoms with Crippen molar-refractivity contribution in [3.8, 4) is 0 Å². The second kappa shape index (κ2) is 6.64. The number of rotatable bonds is 5. The fourth-order valence-corrected chi connectivity index (χ4v) is 2.11. The number of aryl methyl sites for hydroxylation is 2. The molecule has 118 valence electrons. The van der Waals surface area contributed by atoms with E-state index in [1.54, 1.807) is 6.20 Å². The van der Waals surface area contributed by atoms with Gasteiger partial charge in [0.2, 0.25) is 0 Å². The minimum absolute atomic E-state index is 0.0980. The number of amides is 1. The van der Waals surface area contributed by atoms with Crippen LogP contribution in [0.5, 0.6) is 0 Å². The van der Waals surface area contributed by atoms with Crippen molar-refractivity contribution in [1.29, 1.82) is 0 Å². The third-order valence-electron chi connectivity index (χ3n) is 3.36. The van der Waals surface area contributed by atoms with Crippen LogP contribution in [0, 0.1) is 6.92 Å². The zero-order valence-corrected chi connectivity index (χ0v) is 12.7. The van der Waals surface area contributed by atoms with Crippen LogP contribution in [0.25, 0.3) is 0 Å². The highest BCUT2D eigenvalue weighted by atomic mass is 19.3. The van der Waals surface area contributed by atoms with Crippen LogP contribution in [0.1, 0.15) is 53.3 Å². The molecule has 0 spiro atoms. The number of nitrogens with zero attached hydrogens (tertiary/aromatic N) is 3. The number of nitrogens with one attached hydrogen (secondary N) is 1. The van der Waals surface area contributed by atoms with Gasteiger partial charge in [-0.3, -0.25) is 14.5 Å². The highest BCUT2D eigenvalue weighted by Gasteiger charge is 2.21. The Morgan fingerprint density at radius 2 is 2.09 bits per heavy atom. The second-order valence-corrected chi connectivity index (χ2v) is 5.07. The van der Waals surface area contributed by atoms with Crippen LogP contribution in [0.4, 0.5) is 8.78 Å². The maximum Gasteiger partial charge on any atom is 0.282 e. The van der Waals surface area contributed by atoms with E-state index in [1.165, 1.54) is 7.05 Å². The van der Waals surface area contributed by atoms with Gasteiger partial charge in [-0.1, -0.05) is 13.0 Å². The van der Waals surface area contributed by atoms with Crippen LogP contribution in [0.2, 0.25) is 0 Å². The molecule has 5 nitrogen and oxygen atoms in total. The number of aromatic nitrogens is 3. The van der Waals surface area contributed by atoms with Crippen molar-refractivity contribution in [2.75, 3.05) is 0 Å². The first-order valence-corrected chi connectivity index (χ1v) is 6.97. The van der Waals surface area contributed by atoms with Crippen LogP contribution in [-0.2, 0) is 7.05 Å². The number of alkyl halides is 2. The molecule has 2 aromatic heterocycles. The zero-order valence-electron chi connectivity index (χ0n) is 12.7. The lowest BCUT2D eigenvalue weighted by Gasteiger charge is -2.16. The van der Waals surface area contributed by atoms with Gasteiger partial charge < -0.3 is 5.32 Å². The summed E-state index contributed by atoms with van der Waals surface area (Å²) >= 11 is 0. The number of halogens is 2. The fraction of sp³-hybridized carbons (Fsp3) is 0.400. The molecule has 22 heavy (non-hydrogen) atoms. The van der Waals surface area contributed by atoms with Gasteiger partial charge in [-0.2, -0.15) is 5.10 Å². The summed E-state index contributed by atoms with van der Waals surface area (Å²) in [5, 5.41) is 6.44. The Hall–Kier alpha value is -2.31. The summed E-state index contributed by atoms with van der Waals surface area (Å²) in [5.74, 6) is -0.448. The molecule has 0 bridgehead atoms. The van der Waals surface area contributed by atoms with Gasteiger partial charge in [0, 0.05) is 13.2 Å². The summed E-state index contributed by atoms with van der Waals surface area (Å²) < 4.78 is 26.4. The van der Waals surface area contributed by atoms with E-state index in [9.17, 15) is 13.6 Å². The molecule has 0 aliphatic rings. The number of pyridine rings is 1. The van der Waals surface area contributed by atoms with E-state index in [-0.39, 0.29) is 11.7 Å². The average molecular weight is 308 g/mol. The van der Waals surface area contributed by atoms with Gasteiger partial charge in [-0.05, 0) is 31.0 Å². The van der Waals surface area contributed by atoms with Crippen molar-refractivity contribution in [3.05, 3.63) is 47.0 Å². The van der Waals surface area contributed by atoms with Crippen molar-refractivity contribution in [3.63, 3.8) is 0 Å². The monoisotopic (exact) mass is 308 g/mol. The Morgan fingerprint density at radius 1 is 1.36 bits per heavy atom. The minimum Gasteiger partial charge on any atom is -0.342 e. The van der Waals surface area contributed by atoms with Crippen LogP contribution in [-0.4, -0.2) is 20.7 Å². The van der Waals surface area contributed by atoms with Gasteiger partial charge in [0.05, 0.1) is 11.7 Å². The van der Waals surface area contributed by atoms with E-state index in [2.05, 4.69) is 15.4 Å². The standard InChI is InChI=1S/C15H18F2N4O/c1-4-10(11-6-5-9(2)8-18-11)19-15(22)13-7-12(14(16)17)20-21(13)3/h5-8,10,14H,4H2,1-3H3,(H,19,22)/t10-/m1/s1. The molecule has 0 saturated carbocycles. The molecule has 1 atom stereocenters. The molecule has 0 radical (unpaired) electrons. The summed E-state index contributed by atoms with van der Waals surface area (Å²) in [4.78, 5) is 16.6. The van der Waals surface area contributed by atoms with Crippen LogP contribution < -0.4 is 5.32 Å². The predicted molar refractivity (Wildman–Crippen MR) is 77.6 cm³/mol. The molecule has 0 fully saturated rings. The summed E-state index contributed by atoms with van der Waals surface area (Å²) in [6.45, 7) is 3.85. The molecular formula is C15H18F2N4O. The molecule has 0 unspecified atom stereocenters. The largest absolute Gasteiger partial charge is 0.342 e. The van der Waals surface area contributed by atoms with Crippen LogP contribution in [0.15, 0.2) is 24.4 Å². The third kappa shape index (κ3) is 3.47. The molecule has 0 aliphatic carbocycles. The molecule has 1 amide bonds. The second-order valence-electron chi connectivity index (χ2n) is 5.07. The average Bonchev–Trinajstić information content (AvgIpc) is 2.88. The molecule has 2 rings (SSSR count).